The van der Waals surface area contributed by atoms with Gasteiger partial charge < -0.3 is 0 Å². The van der Waals surface area contributed by atoms with Gasteiger partial charge >= 0.3 is 0 Å². The zero-order chi connectivity index (χ0) is 10.1. The molecular weight excluding hydrogens is 327 g/mol. The maximum Gasteiger partial charge on any atom is 0.214 e. The SMILES string of the molecule is NS(=O)(=O)Cc1nc(Cl)ccc1I. The quantitative estimate of drug-likeness (QED) is 0.652. The van der Waals surface area contributed by atoms with E-state index in [1.807, 2.05) is 22.6 Å². The summed E-state index contributed by atoms with van der Waals surface area (Å²) in [5.74, 6) is -0.286. The Hall–Kier alpha value is 0.0800. The molecule has 0 unspecified atom stereocenters. The van der Waals surface area contributed by atoms with Gasteiger partial charge in [-0.1, -0.05) is 11.6 Å². The zero-order valence-corrected chi connectivity index (χ0v) is 10.1. The summed E-state index contributed by atoms with van der Waals surface area (Å²) < 4.78 is 22.2. The van der Waals surface area contributed by atoms with Gasteiger partial charge in [-0.25, -0.2) is 18.5 Å². The molecule has 0 aliphatic carbocycles. The van der Waals surface area contributed by atoms with Crippen LogP contribution in [0.2, 0.25) is 5.15 Å². The summed E-state index contributed by atoms with van der Waals surface area (Å²) in [6.07, 6.45) is 0. The van der Waals surface area contributed by atoms with Crippen molar-refractivity contribution >= 4 is 44.2 Å². The third-order valence-electron chi connectivity index (χ3n) is 1.22. The fraction of sp³-hybridized carbons (Fsp3) is 0.167. The molecule has 0 saturated carbocycles. The van der Waals surface area contributed by atoms with Crippen LogP contribution in [0.4, 0.5) is 0 Å². The number of nitrogens with zero attached hydrogens (tertiary/aromatic N) is 1. The van der Waals surface area contributed by atoms with E-state index in [1.165, 1.54) is 0 Å². The Balaban J connectivity index is 3.08. The number of aromatic nitrogens is 1. The molecule has 0 aliphatic heterocycles. The molecule has 0 amide bonds. The average Bonchev–Trinajstić information content (AvgIpc) is 1.94. The number of nitrogens with two attached hydrogens (primary N) is 1. The molecule has 13 heavy (non-hydrogen) atoms. The molecule has 0 radical (unpaired) electrons. The minimum atomic E-state index is -3.54. The molecule has 72 valence electrons. The van der Waals surface area contributed by atoms with E-state index in [-0.39, 0.29) is 10.9 Å². The minimum Gasteiger partial charge on any atom is -0.239 e. The molecule has 0 aliphatic rings. The van der Waals surface area contributed by atoms with Gasteiger partial charge in [0.1, 0.15) is 10.9 Å². The average molecular weight is 333 g/mol. The van der Waals surface area contributed by atoms with Crippen molar-refractivity contribution in [1.29, 1.82) is 0 Å². The highest BCUT2D eigenvalue weighted by Gasteiger charge is 2.10. The van der Waals surface area contributed by atoms with Crippen LogP contribution in [0.1, 0.15) is 5.69 Å². The lowest BCUT2D eigenvalue weighted by molar-refractivity contribution is 0.596. The van der Waals surface area contributed by atoms with Gasteiger partial charge in [-0.05, 0) is 34.7 Å². The first-order chi connectivity index (χ1) is 5.88. The van der Waals surface area contributed by atoms with Crippen molar-refractivity contribution in [2.24, 2.45) is 5.14 Å². The summed E-state index contributed by atoms with van der Waals surface area (Å²) in [5.41, 5.74) is 0.385. The largest absolute Gasteiger partial charge is 0.239 e. The van der Waals surface area contributed by atoms with Gasteiger partial charge in [-0.3, -0.25) is 0 Å². The van der Waals surface area contributed by atoms with Gasteiger partial charge in [0.2, 0.25) is 10.0 Å². The number of sulfonamides is 1. The van der Waals surface area contributed by atoms with Crippen molar-refractivity contribution in [1.82, 2.24) is 4.98 Å². The van der Waals surface area contributed by atoms with Gasteiger partial charge in [-0.15, -0.1) is 0 Å². The van der Waals surface area contributed by atoms with Crippen LogP contribution in [0.3, 0.4) is 0 Å². The molecule has 0 saturated heterocycles. The van der Waals surface area contributed by atoms with E-state index in [9.17, 15) is 8.42 Å². The predicted octanol–water partition coefficient (Wildman–Crippen LogP) is 1.13. The first-order valence-corrected chi connectivity index (χ1v) is 6.37. The van der Waals surface area contributed by atoms with Crippen LogP contribution in [0, 0.1) is 3.57 Å². The van der Waals surface area contributed by atoms with Crippen molar-refractivity contribution in [2.45, 2.75) is 5.75 Å². The van der Waals surface area contributed by atoms with Gasteiger partial charge in [0.25, 0.3) is 0 Å². The second-order valence-electron chi connectivity index (χ2n) is 2.37. The third kappa shape index (κ3) is 3.75. The van der Waals surface area contributed by atoms with Gasteiger partial charge in [0.05, 0.1) is 5.69 Å². The van der Waals surface area contributed by atoms with E-state index in [4.69, 9.17) is 16.7 Å². The minimum absolute atomic E-state index is 0.263. The third-order valence-corrected chi connectivity index (χ3v) is 3.09. The maximum atomic E-state index is 10.8. The Bertz CT molecular complexity index is 421. The monoisotopic (exact) mass is 332 g/mol. The van der Waals surface area contributed by atoms with Crippen LogP contribution in [0.5, 0.6) is 0 Å². The smallest absolute Gasteiger partial charge is 0.214 e. The molecule has 1 aromatic rings. The summed E-state index contributed by atoms with van der Waals surface area (Å²) in [6.45, 7) is 0. The lowest BCUT2D eigenvalue weighted by Gasteiger charge is -2.01. The molecule has 0 aromatic carbocycles. The molecule has 1 rings (SSSR count). The molecule has 0 fully saturated rings. The molecule has 1 heterocycles. The van der Waals surface area contributed by atoms with Crippen LogP contribution in [-0.4, -0.2) is 13.4 Å². The standard InChI is InChI=1S/C6H6ClIN2O2S/c7-6-2-1-4(8)5(10-6)3-13(9,11)12/h1-2H,3H2,(H2,9,11,12). The molecular formula is C6H6ClIN2O2S. The first-order valence-electron chi connectivity index (χ1n) is 3.20. The van der Waals surface area contributed by atoms with E-state index in [1.54, 1.807) is 12.1 Å². The van der Waals surface area contributed by atoms with Crippen LogP contribution in [-0.2, 0) is 15.8 Å². The van der Waals surface area contributed by atoms with Gasteiger partial charge in [-0.2, -0.15) is 0 Å². The van der Waals surface area contributed by atoms with Crippen LogP contribution in [0.15, 0.2) is 12.1 Å². The molecule has 0 bridgehead atoms. The van der Waals surface area contributed by atoms with E-state index < -0.39 is 10.0 Å². The van der Waals surface area contributed by atoms with Crippen LogP contribution in [0.25, 0.3) is 0 Å². The van der Waals surface area contributed by atoms with Crippen molar-refractivity contribution in [3.05, 3.63) is 26.5 Å². The summed E-state index contributed by atoms with van der Waals surface area (Å²) in [7, 11) is -3.54. The maximum absolute atomic E-state index is 10.8. The molecule has 4 nitrogen and oxygen atoms in total. The summed E-state index contributed by atoms with van der Waals surface area (Å²) in [4.78, 5) is 3.86. The van der Waals surface area contributed by atoms with E-state index in [0.717, 1.165) is 3.57 Å². The fourth-order valence-corrected chi connectivity index (χ4v) is 2.27. The van der Waals surface area contributed by atoms with Gasteiger partial charge in [0.15, 0.2) is 0 Å². The molecule has 2 N–H and O–H groups in total. The fourth-order valence-electron chi connectivity index (χ4n) is 0.750. The van der Waals surface area contributed by atoms with Crippen LogP contribution < -0.4 is 5.14 Å². The number of halogens is 2. The van der Waals surface area contributed by atoms with E-state index in [2.05, 4.69) is 4.98 Å². The predicted molar refractivity (Wildman–Crippen MR) is 58.8 cm³/mol. The topological polar surface area (TPSA) is 73.1 Å². The van der Waals surface area contributed by atoms with Crippen molar-refractivity contribution < 1.29 is 8.42 Å². The Labute approximate surface area is 94.7 Å². The molecule has 0 spiro atoms. The molecule has 7 heteroatoms. The summed E-state index contributed by atoms with van der Waals surface area (Å²) in [5, 5.41) is 5.14. The van der Waals surface area contributed by atoms with E-state index >= 15 is 0 Å². The number of hydrogen-bond donors (Lipinski definition) is 1. The highest BCUT2D eigenvalue weighted by atomic mass is 127. The second kappa shape index (κ2) is 4.07. The number of hydrogen-bond acceptors (Lipinski definition) is 3. The second-order valence-corrected chi connectivity index (χ2v) is 5.53. The Morgan fingerprint density at radius 3 is 2.69 bits per heavy atom. The zero-order valence-electron chi connectivity index (χ0n) is 6.37. The van der Waals surface area contributed by atoms with Crippen LogP contribution >= 0.6 is 34.2 Å². The number of rotatable bonds is 2. The van der Waals surface area contributed by atoms with E-state index in [0.29, 0.717) is 5.69 Å². The first kappa shape index (κ1) is 11.2. The number of primary sulfonamides is 1. The highest BCUT2D eigenvalue weighted by Crippen LogP contribution is 2.15. The molecule has 0 atom stereocenters. The lowest BCUT2D eigenvalue weighted by Crippen LogP contribution is -2.16. The van der Waals surface area contributed by atoms with Crippen molar-refractivity contribution in [3.63, 3.8) is 0 Å². The van der Waals surface area contributed by atoms with Crippen molar-refractivity contribution in [3.8, 4) is 0 Å². The normalized spacial score (nSPS) is 11.6. The number of pyridine rings is 1. The van der Waals surface area contributed by atoms with Crippen molar-refractivity contribution in [2.75, 3.05) is 0 Å². The highest BCUT2D eigenvalue weighted by molar-refractivity contribution is 14.1. The lowest BCUT2D eigenvalue weighted by atomic mass is 10.4. The Morgan fingerprint density at radius 1 is 1.54 bits per heavy atom. The summed E-state index contributed by atoms with van der Waals surface area (Å²) >= 11 is 7.57. The van der Waals surface area contributed by atoms with Gasteiger partial charge in [0, 0.05) is 3.57 Å². The Kier molecular flexibility index (Phi) is 3.50. The summed E-state index contributed by atoms with van der Waals surface area (Å²) in [6, 6.07) is 3.28. The molecule has 1 aromatic heterocycles. The Morgan fingerprint density at radius 2 is 2.15 bits per heavy atom.